The van der Waals surface area contributed by atoms with Gasteiger partial charge in [-0.15, -0.1) is 11.8 Å². The van der Waals surface area contributed by atoms with Gasteiger partial charge in [-0.2, -0.15) is 0 Å². The van der Waals surface area contributed by atoms with Crippen LogP contribution in [0, 0.1) is 0 Å². The lowest BCUT2D eigenvalue weighted by molar-refractivity contribution is -0.294. The van der Waals surface area contributed by atoms with Crippen molar-refractivity contribution in [2.24, 2.45) is 0 Å². The first-order valence-corrected chi connectivity index (χ1v) is 14.7. The first-order valence-electron chi connectivity index (χ1n) is 13.7. The molecule has 2 aliphatic rings. The third-order valence-electron chi connectivity index (χ3n) is 6.10. The van der Waals surface area contributed by atoms with E-state index in [1.54, 1.807) is 0 Å². The minimum Gasteiger partial charge on any atom is -0.463 e. The average Bonchev–Trinajstić information content (AvgIpc) is 2.90. The number of carbonyl (C=O) groups excluding carboxylic acids is 7. The zero-order chi connectivity index (χ0) is 34.0. The van der Waals surface area contributed by atoms with Gasteiger partial charge in [-0.3, -0.25) is 33.6 Å². The van der Waals surface area contributed by atoms with Gasteiger partial charge in [0.15, 0.2) is 42.9 Å². The highest BCUT2D eigenvalue weighted by Crippen LogP contribution is 2.37. The highest BCUT2D eigenvalue weighted by Gasteiger charge is 2.55. The van der Waals surface area contributed by atoms with Gasteiger partial charge in [0, 0.05) is 61.3 Å². The number of carbonyl (C=O) groups is 7. The summed E-state index contributed by atoms with van der Waals surface area (Å²) in [6.07, 6.45) is -11.8. The molecular weight excluding hydrogens is 628 g/mol. The van der Waals surface area contributed by atoms with Crippen molar-refractivity contribution in [3.05, 3.63) is 0 Å². The molecule has 2 rings (SSSR count). The second-order valence-electron chi connectivity index (χ2n) is 9.90. The largest absolute Gasteiger partial charge is 0.463 e. The molecule has 2 heterocycles. The summed E-state index contributed by atoms with van der Waals surface area (Å²) in [6.45, 7) is 7.33. The predicted octanol–water partition coefficient (Wildman–Crippen LogP) is -0.0309. The molecule has 2 saturated heterocycles. The average molecular weight is 667 g/mol. The molecule has 18 heteroatoms. The van der Waals surface area contributed by atoms with Crippen LogP contribution in [-0.2, 0) is 80.9 Å². The van der Waals surface area contributed by atoms with E-state index < -0.39 is 109 Å². The topological polar surface area (TPSA) is 212 Å². The second kappa shape index (κ2) is 17.3. The fraction of sp³-hybridized carbons (Fsp3) is 0.741. The highest BCUT2D eigenvalue weighted by atomic mass is 32.2. The van der Waals surface area contributed by atoms with Crippen LogP contribution in [0.2, 0.25) is 0 Å². The summed E-state index contributed by atoms with van der Waals surface area (Å²) in [5, 5.41) is 0. The van der Waals surface area contributed by atoms with Crippen LogP contribution in [0.3, 0.4) is 0 Å². The van der Waals surface area contributed by atoms with E-state index in [2.05, 4.69) is 0 Å². The number of rotatable bonds is 12. The molecule has 0 aromatic rings. The van der Waals surface area contributed by atoms with Crippen LogP contribution >= 0.6 is 11.8 Å². The summed E-state index contributed by atoms with van der Waals surface area (Å²) < 4.78 is 55.0. The maximum atomic E-state index is 12.2. The molecule has 0 aliphatic carbocycles. The molecule has 2 aliphatic heterocycles. The molecule has 10 atom stereocenters. The zero-order valence-electron chi connectivity index (χ0n) is 26.0. The van der Waals surface area contributed by atoms with E-state index in [4.69, 9.17) is 47.4 Å². The summed E-state index contributed by atoms with van der Waals surface area (Å²) in [5.41, 5.74) is -1.19. The highest BCUT2D eigenvalue weighted by molar-refractivity contribution is 7.99. The number of hydrogen-bond acceptors (Lipinski definition) is 18. The third kappa shape index (κ3) is 11.4. The van der Waals surface area contributed by atoms with Gasteiger partial charge < -0.3 is 47.4 Å². The normalized spacial score (nSPS) is 31.0. The minimum atomic E-state index is -1.41. The van der Waals surface area contributed by atoms with Crippen LogP contribution in [-0.4, -0.2) is 122 Å². The van der Waals surface area contributed by atoms with Gasteiger partial charge in [0.1, 0.15) is 24.3 Å². The van der Waals surface area contributed by atoms with Crippen LogP contribution in [0.25, 0.3) is 0 Å². The Kier molecular flexibility index (Phi) is 14.5. The van der Waals surface area contributed by atoms with Crippen LogP contribution in [0.5, 0.6) is 0 Å². The van der Waals surface area contributed by atoms with Crippen molar-refractivity contribution < 1.29 is 80.9 Å². The number of hydrogen-bond donors (Lipinski definition) is 0. The fourth-order valence-corrected chi connectivity index (χ4v) is 5.96. The van der Waals surface area contributed by atoms with Crippen LogP contribution < -0.4 is 0 Å². The molecule has 0 aromatic carbocycles. The quantitative estimate of drug-likeness (QED) is 0.198. The Morgan fingerprint density at radius 3 is 1.36 bits per heavy atom. The summed E-state index contributed by atoms with van der Waals surface area (Å²) in [7, 11) is 1.25. The van der Waals surface area contributed by atoms with E-state index in [-0.39, 0.29) is 5.75 Å². The molecule has 254 valence electrons. The van der Waals surface area contributed by atoms with Crippen molar-refractivity contribution in [3.63, 3.8) is 0 Å². The molecule has 17 nitrogen and oxygen atoms in total. The molecule has 0 amide bonds. The van der Waals surface area contributed by atoms with Crippen molar-refractivity contribution >= 4 is 53.5 Å². The number of thioether (sulfide) groups is 1. The van der Waals surface area contributed by atoms with Gasteiger partial charge in [-0.25, -0.2) is 0 Å². The van der Waals surface area contributed by atoms with Gasteiger partial charge in [0.25, 0.3) is 0 Å². The van der Waals surface area contributed by atoms with E-state index in [9.17, 15) is 33.6 Å². The number of esters is 7. The molecule has 2 fully saturated rings. The summed E-state index contributed by atoms with van der Waals surface area (Å²) in [6, 6.07) is 0. The SMILES string of the molecule is CO[C@H]1O[C@H](CS[C@H]2O[C@H](COC(C)=O)[C@@H](OC(C)=O)[C@H](OC(C)=O)[C@H]2OC(C)=O)[C@@H](OC(C)=O)[C@H](OC(C)=O)[C@H]1OC(C)=O. The molecule has 0 bridgehead atoms. The summed E-state index contributed by atoms with van der Waals surface area (Å²) >= 11 is 0.931. The first-order chi connectivity index (χ1) is 21.0. The number of ether oxygens (including phenoxy) is 10. The van der Waals surface area contributed by atoms with Crippen LogP contribution in [0.1, 0.15) is 48.5 Å². The van der Waals surface area contributed by atoms with Crippen molar-refractivity contribution in [2.75, 3.05) is 19.5 Å². The molecular formula is C27H38O17S. The molecule has 0 N–H and O–H groups in total. The Bertz CT molecular complexity index is 1110. The molecule has 0 saturated carbocycles. The molecule has 0 aromatic heterocycles. The minimum absolute atomic E-state index is 0.143. The Labute approximate surface area is 263 Å². The monoisotopic (exact) mass is 666 g/mol. The van der Waals surface area contributed by atoms with Crippen LogP contribution in [0.15, 0.2) is 0 Å². The van der Waals surface area contributed by atoms with Crippen LogP contribution in [0.4, 0.5) is 0 Å². The Morgan fingerprint density at radius 1 is 0.511 bits per heavy atom. The van der Waals surface area contributed by atoms with Gasteiger partial charge in [0.2, 0.25) is 0 Å². The van der Waals surface area contributed by atoms with Crippen molar-refractivity contribution in [2.45, 2.75) is 109 Å². The van der Waals surface area contributed by atoms with E-state index in [1.807, 2.05) is 0 Å². The maximum Gasteiger partial charge on any atom is 0.303 e. The van der Waals surface area contributed by atoms with Crippen molar-refractivity contribution in [3.8, 4) is 0 Å². The van der Waals surface area contributed by atoms with E-state index in [1.165, 1.54) is 7.11 Å². The van der Waals surface area contributed by atoms with Crippen molar-refractivity contribution in [1.29, 1.82) is 0 Å². The zero-order valence-corrected chi connectivity index (χ0v) is 26.9. The summed E-state index contributed by atoms with van der Waals surface area (Å²) in [5.74, 6) is -5.52. The first kappa shape index (κ1) is 37.7. The van der Waals surface area contributed by atoms with Gasteiger partial charge >= 0.3 is 41.8 Å². The smallest absolute Gasteiger partial charge is 0.303 e. The second-order valence-corrected chi connectivity index (χ2v) is 11.0. The summed E-state index contributed by atoms with van der Waals surface area (Å²) in [4.78, 5) is 83.8. The Morgan fingerprint density at radius 2 is 0.911 bits per heavy atom. The van der Waals surface area contributed by atoms with E-state index >= 15 is 0 Å². The van der Waals surface area contributed by atoms with Gasteiger partial charge in [-0.1, -0.05) is 0 Å². The number of methoxy groups -OCH3 is 1. The fourth-order valence-electron chi connectivity index (χ4n) is 4.69. The Hall–Kier alpha value is -3.48. The molecule has 0 spiro atoms. The lowest BCUT2D eigenvalue weighted by atomic mass is 9.98. The van der Waals surface area contributed by atoms with Crippen molar-refractivity contribution in [1.82, 2.24) is 0 Å². The lowest BCUT2D eigenvalue weighted by Gasteiger charge is -2.46. The molecule has 45 heavy (non-hydrogen) atoms. The van der Waals surface area contributed by atoms with E-state index in [0.29, 0.717) is 0 Å². The van der Waals surface area contributed by atoms with Gasteiger partial charge in [-0.05, 0) is 0 Å². The lowest BCUT2D eigenvalue weighted by Crippen LogP contribution is -2.63. The maximum absolute atomic E-state index is 12.2. The van der Waals surface area contributed by atoms with E-state index in [0.717, 1.165) is 60.2 Å². The molecule has 0 unspecified atom stereocenters. The Balaban J connectivity index is 2.51. The third-order valence-corrected chi connectivity index (χ3v) is 7.33. The molecule has 0 radical (unpaired) electrons. The van der Waals surface area contributed by atoms with Gasteiger partial charge in [0.05, 0.1) is 0 Å². The predicted molar refractivity (Wildman–Crippen MR) is 147 cm³/mol. The standard InChI is InChI=1S/C27H38O17S/c1-11(28)36-9-18-20(37-12(2)29)23(40-15(5)32)25(42-17(7)34)27(44-18)45-10-19-21(38-13(3)30)22(39-14(4)31)24(41-16(6)33)26(35-8)43-19/h18-27H,9-10H2,1-8H3/t18-,19-,20-,21-,22+,23+,24-,25-,26+,27-/m1/s1.